The molecule has 2 aliphatic rings. The zero-order valence-electron chi connectivity index (χ0n) is 41.5. The van der Waals surface area contributed by atoms with Gasteiger partial charge in [0.2, 0.25) is 15.7 Å². The quantitative estimate of drug-likeness (QED) is 0.0171. The maximum atomic E-state index is 11.2. The molecule has 0 radical (unpaired) electrons. The van der Waals surface area contributed by atoms with Gasteiger partial charge in [0.25, 0.3) is 0 Å². The number of carbonyl (C=O) groups excluding carboxylic acids is 8. The van der Waals surface area contributed by atoms with Crippen LogP contribution in [0.1, 0.15) is 172 Å². The summed E-state index contributed by atoms with van der Waals surface area (Å²) in [5, 5.41) is 6.09. The minimum atomic E-state index is -0.722. The molecule has 2 saturated heterocycles. The number of esters is 5. The van der Waals surface area contributed by atoms with E-state index >= 15 is 0 Å². The van der Waals surface area contributed by atoms with Crippen molar-refractivity contribution >= 4 is 179 Å². The Labute approximate surface area is 549 Å². The van der Waals surface area contributed by atoms with E-state index in [1.54, 1.807) is 13.8 Å². The minimum absolute atomic E-state index is 0. The Morgan fingerprint density at radius 1 is 0.468 bits per heavy atom. The molecule has 0 saturated carbocycles. The van der Waals surface area contributed by atoms with Gasteiger partial charge in [0.05, 0.1) is 39.5 Å². The van der Waals surface area contributed by atoms with Gasteiger partial charge < -0.3 is 38.3 Å². The van der Waals surface area contributed by atoms with Crippen LogP contribution in [0.25, 0.3) is 0 Å². The van der Waals surface area contributed by atoms with Crippen molar-refractivity contribution in [3.63, 3.8) is 0 Å². The summed E-state index contributed by atoms with van der Waals surface area (Å²) >= 11 is 23.9. The molecule has 0 aromatic carbocycles. The number of hydrogen-bond donors (Lipinski definition) is 1. The first-order chi connectivity index (χ1) is 34.5. The molecule has 16 nitrogen and oxygen atoms in total. The average molecular weight is 1840 g/mol. The number of terminal acetylenes is 4. The first-order valence-electron chi connectivity index (χ1n) is 22.4. The minimum Gasteiger partial charge on any atom is -0.281 e. The topological polar surface area (TPSA) is 221 Å². The third kappa shape index (κ3) is 128. The van der Waals surface area contributed by atoms with Gasteiger partial charge in [-0.15, -0.1) is 73.4 Å². The fourth-order valence-corrected chi connectivity index (χ4v) is 4.36. The molecule has 0 bridgehead atoms. The molecular weight excluding hydrogens is 1750 g/mol. The number of ether oxygens (including phenoxy) is 7. The SMILES string of the molecule is C.C.C.C.C#CCCCCO.C#CCCCCOC(=O)CC(=O)OCC.C#CCCCCOC(=O)CC(=O)OCCCCC#C.C1CCOC1.C1CCOC1.CCOC(=O)CC(=O)Cl.I.II.I[I-]I.O=C(Cl)CC(=O)Cl. The van der Waals surface area contributed by atoms with Crippen LogP contribution in [0.3, 0.4) is 0 Å². The molecule has 456 valence electrons. The fourth-order valence-electron chi connectivity index (χ4n) is 3.94. The van der Waals surface area contributed by atoms with Gasteiger partial charge >= 0.3 is 80.3 Å². The predicted molar refractivity (Wildman–Crippen MR) is 354 cm³/mol. The van der Waals surface area contributed by atoms with E-state index in [1.165, 1.54) is 25.7 Å². The second kappa shape index (κ2) is 97.9. The van der Waals surface area contributed by atoms with E-state index in [0.717, 1.165) is 71.4 Å². The maximum absolute atomic E-state index is 11.2. The van der Waals surface area contributed by atoms with Gasteiger partial charge in [0.15, 0.2) is 0 Å². The van der Waals surface area contributed by atoms with Gasteiger partial charge in [-0.3, -0.25) is 38.4 Å². The fraction of sp³-hybridized carbons (Fsp3) is 0.692. The molecule has 25 heteroatoms. The van der Waals surface area contributed by atoms with Crippen LogP contribution in [0.4, 0.5) is 0 Å². The van der Waals surface area contributed by atoms with Crippen molar-refractivity contribution in [3.8, 4) is 49.4 Å². The van der Waals surface area contributed by atoms with Crippen molar-refractivity contribution in [3.05, 3.63) is 0 Å². The second-order valence-corrected chi connectivity index (χ2v) is 30.6. The van der Waals surface area contributed by atoms with E-state index in [0.29, 0.717) is 52.0 Å². The standard InChI is InChI=1S/C15H20O4.C11H16O4.C6H10O.C5H7ClO3.2C4H8O.C3H2Cl2O2.4CH4.I3.I2.HI/c1-3-5-7-9-11-18-14(16)13-15(17)19-12-10-8-6-4-2;1-3-5-6-7-8-15-11(13)9-10(12)14-4-2;1-2-3-4-5-6-7;1-2-9-5(8)3-4(6)7;2*1-2-4-5-3-1;4-2(6)1-3(5)7;;;;;1-3-2;1-2;/h1-2H,5-13H2;1H,4-9H2,2H3;1,7H,3-6H2;2-3H2,1H3;2*1-4H2;1H2;4*1H4;;;1H/q;;;;;;;;;;;-1;;. The Morgan fingerprint density at radius 2 is 0.701 bits per heavy atom. The number of aliphatic hydroxyl groups is 1. The van der Waals surface area contributed by atoms with E-state index in [2.05, 4.69) is 108 Å². The van der Waals surface area contributed by atoms with Crippen LogP contribution in [0, 0.1) is 49.4 Å². The smallest absolute Gasteiger partial charge is 0.230 e. The van der Waals surface area contributed by atoms with Crippen LogP contribution < -0.4 is 13.3 Å². The van der Waals surface area contributed by atoms with Crippen LogP contribution in [0.2, 0.25) is 0 Å². The summed E-state index contributed by atoms with van der Waals surface area (Å²) < 4.78 is 33.4. The first kappa shape index (κ1) is 105. The normalized spacial score (nSPS) is 10.0. The number of rotatable bonds is 25. The van der Waals surface area contributed by atoms with Gasteiger partial charge in [0, 0.05) is 95.9 Å². The molecule has 2 heterocycles. The van der Waals surface area contributed by atoms with Gasteiger partial charge in [-0.25, -0.2) is 0 Å². The Balaban J connectivity index is -0.0000000653. The van der Waals surface area contributed by atoms with Crippen molar-refractivity contribution in [2.24, 2.45) is 0 Å². The summed E-state index contributed by atoms with van der Waals surface area (Å²) in [6.45, 7) is 9.05. The molecule has 0 spiro atoms. The molecule has 2 rings (SSSR count). The summed E-state index contributed by atoms with van der Waals surface area (Å²) in [7, 11) is 0. The zero-order valence-corrected chi connectivity index (χ0v) is 56.9. The second-order valence-electron chi connectivity index (χ2n) is 13.1. The van der Waals surface area contributed by atoms with Crippen LogP contribution in [-0.2, 0) is 71.5 Å². The van der Waals surface area contributed by atoms with Crippen molar-refractivity contribution in [1.29, 1.82) is 0 Å². The number of carbonyl (C=O) groups is 8. The van der Waals surface area contributed by atoms with E-state index in [4.69, 9.17) is 89.3 Å². The van der Waals surface area contributed by atoms with Crippen LogP contribution in [0.5, 0.6) is 0 Å². The number of aliphatic hydroxyl groups excluding tert-OH is 1. The molecule has 0 aromatic heterocycles. The maximum Gasteiger partial charge on any atom is 0.230 e. The third-order valence-corrected chi connectivity index (χ3v) is 7.47. The van der Waals surface area contributed by atoms with Gasteiger partial charge in [0.1, 0.15) is 19.3 Å². The molecule has 0 unspecified atom stereocenters. The molecule has 0 amide bonds. The summed E-state index contributed by atoms with van der Waals surface area (Å²) in [5.74, 6) is 7.19. The monoisotopic (exact) mass is 1830 g/mol. The summed E-state index contributed by atoms with van der Waals surface area (Å²) in [6.07, 6.45) is 33.0. The van der Waals surface area contributed by atoms with E-state index < -0.39 is 45.6 Å². The van der Waals surface area contributed by atoms with Gasteiger partial charge in [-0.05, 0) is 126 Å². The van der Waals surface area contributed by atoms with E-state index in [-0.39, 0.29) is 112 Å². The first-order valence-corrected chi connectivity index (χ1v) is 42.4. The summed E-state index contributed by atoms with van der Waals surface area (Å²) in [6, 6.07) is 0. The molecule has 1 N–H and O–H groups in total. The van der Waals surface area contributed by atoms with E-state index in [1.807, 2.05) is 0 Å². The van der Waals surface area contributed by atoms with Gasteiger partial charge in [-0.2, -0.15) is 0 Å². The van der Waals surface area contributed by atoms with E-state index in [9.17, 15) is 38.4 Å². The van der Waals surface area contributed by atoms with Crippen LogP contribution >= 0.6 is 133 Å². The average Bonchev–Trinajstić information content (AvgIpc) is 4.12. The Morgan fingerprint density at radius 3 is 0.883 bits per heavy atom. The predicted octanol–water partition coefficient (Wildman–Crippen LogP) is 11.1. The van der Waals surface area contributed by atoms with Crippen molar-refractivity contribution in [1.82, 2.24) is 0 Å². The molecule has 2 fully saturated rings. The molecular formula is C52H88Cl3I6O16-. The Bertz CT molecular complexity index is 1440. The Hall–Kier alpha value is -0.270. The molecule has 0 aliphatic carbocycles. The van der Waals surface area contributed by atoms with Crippen LogP contribution in [-0.4, -0.2) is 117 Å². The van der Waals surface area contributed by atoms with Crippen LogP contribution in [0.15, 0.2) is 0 Å². The Kier molecular flexibility index (Phi) is 134. The molecule has 0 aromatic rings. The van der Waals surface area contributed by atoms with Crippen molar-refractivity contribution < 1.29 is 89.9 Å². The number of hydrogen-bond acceptors (Lipinski definition) is 16. The third-order valence-electron chi connectivity index (χ3n) is 7.07. The molecule has 77 heavy (non-hydrogen) atoms. The summed E-state index contributed by atoms with van der Waals surface area (Å²) in [4.78, 5) is 84.0. The zero-order chi connectivity index (χ0) is 56.3. The number of halogens is 9. The van der Waals surface area contributed by atoms with Crippen molar-refractivity contribution in [2.75, 3.05) is 66.1 Å². The number of unbranched alkanes of at least 4 members (excludes halogenated alkanes) is 8. The molecule has 0 atom stereocenters. The van der Waals surface area contributed by atoms with Gasteiger partial charge in [-0.1, -0.05) is 29.7 Å². The van der Waals surface area contributed by atoms with Crippen molar-refractivity contribution in [2.45, 2.75) is 172 Å². The molecule has 2 aliphatic heterocycles. The largest absolute Gasteiger partial charge is 0.281 e. The summed E-state index contributed by atoms with van der Waals surface area (Å²) in [5.41, 5.74) is 0.